The zero-order chi connectivity index (χ0) is 11.5. The van der Waals surface area contributed by atoms with Gasteiger partial charge in [-0.15, -0.1) is 6.58 Å². The Morgan fingerprint density at radius 3 is 2.80 bits per heavy atom. The molecule has 0 amide bonds. The third-order valence-corrected chi connectivity index (χ3v) is 2.44. The van der Waals surface area contributed by atoms with Crippen LogP contribution in [-0.2, 0) is 19.0 Å². The minimum absolute atomic E-state index is 0.0563. The lowest BCUT2D eigenvalue weighted by Gasteiger charge is -2.20. The number of rotatable bonds is 4. The van der Waals surface area contributed by atoms with E-state index in [-0.39, 0.29) is 24.4 Å². The fraction of sp³-hybridized carbons (Fsp3) is 0.727. The monoisotopic (exact) mass is 214 g/mol. The Hall–Kier alpha value is -0.870. The van der Waals surface area contributed by atoms with Crippen molar-refractivity contribution in [3.63, 3.8) is 0 Å². The first-order chi connectivity index (χ1) is 6.98. The first-order valence-corrected chi connectivity index (χ1v) is 4.99. The van der Waals surface area contributed by atoms with Crippen molar-refractivity contribution in [1.82, 2.24) is 0 Å². The summed E-state index contributed by atoms with van der Waals surface area (Å²) < 4.78 is 15.7. The zero-order valence-electron chi connectivity index (χ0n) is 9.49. The van der Waals surface area contributed by atoms with E-state index in [1.54, 1.807) is 6.08 Å². The van der Waals surface area contributed by atoms with Crippen LogP contribution in [0.2, 0.25) is 0 Å². The topological polar surface area (TPSA) is 44.8 Å². The van der Waals surface area contributed by atoms with Crippen LogP contribution in [0.1, 0.15) is 20.3 Å². The van der Waals surface area contributed by atoms with Crippen LogP contribution >= 0.6 is 0 Å². The third kappa shape index (κ3) is 3.32. The Labute approximate surface area is 90.2 Å². The Balaban J connectivity index is 2.53. The molecule has 0 aromatic rings. The van der Waals surface area contributed by atoms with Crippen LogP contribution in [0.3, 0.4) is 0 Å². The molecule has 4 nitrogen and oxygen atoms in total. The second-order valence-corrected chi connectivity index (χ2v) is 4.05. The van der Waals surface area contributed by atoms with Gasteiger partial charge in [0.2, 0.25) is 0 Å². The van der Waals surface area contributed by atoms with Crippen molar-refractivity contribution in [3.05, 3.63) is 12.7 Å². The predicted molar refractivity (Wildman–Crippen MR) is 55.2 cm³/mol. The van der Waals surface area contributed by atoms with Crippen LogP contribution in [-0.4, -0.2) is 31.6 Å². The highest BCUT2D eigenvalue weighted by Gasteiger charge is 2.37. The standard InChI is InChI=1S/C11H18O4/c1-5-8(6-10(12)13-4)9-7-14-11(2,3)15-9/h5,8-9H,1,6-7H2,2-4H3/t8-,9-/m1/s1. The van der Waals surface area contributed by atoms with Crippen molar-refractivity contribution in [2.45, 2.75) is 32.2 Å². The summed E-state index contributed by atoms with van der Waals surface area (Å²) in [5.74, 6) is -0.880. The van der Waals surface area contributed by atoms with E-state index in [0.29, 0.717) is 6.61 Å². The van der Waals surface area contributed by atoms with Gasteiger partial charge in [-0.2, -0.15) is 0 Å². The molecule has 1 saturated heterocycles. The maximum Gasteiger partial charge on any atom is 0.306 e. The van der Waals surface area contributed by atoms with E-state index in [1.807, 2.05) is 13.8 Å². The van der Waals surface area contributed by atoms with Gasteiger partial charge >= 0.3 is 5.97 Å². The lowest BCUT2D eigenvalue weighted by atomic mass is 9.99. The van der Waals surface area contributed by atoms with Crippen molar-refractivity contribution in [1.29, 1.82) is 0 Å². The Kier molecular flexibility index (Phi) is 3.88. The van der Waals surface area contributed by atoms with Crippen molar-refractivity contribution in [2.75, 3.05) is 13.7 Å². The molecule has 0 bridgehead atoms. The van der Waals surface area contributed by atoms with Gasteiger partial charge < -0.3 is 14.2 Å². The molecule has 4 heteroatoms. The Morgan fingerprint density at radius 1 is 1.73 bits per heavy atom. The molecule has 0 spiro atoms. The molecule has 1 aliphatic rings. The smallest absolute Gasteiger partial charge is 0.306 e. The van der Waals surface area contributed by atoms with Gasteiger partial charge in [0.05, 0.1) is 26.2 Å². The molecular weight excluding hydrogens is 196 g/mol. The summed E-state index contributed by atoms with van der Waals surface area (Å²) in [6, 6.07) is 0. The number of carbonyl (C=O) groups is 1. The number of ether oxygens (including phenoxy) is 3. The van der Waals surface area contributed by atoms with E-state index in [0.717, 1.165) is 0 Å². The second kappa shape index (κ2) is 4.77. The van der Waals surface area contributed by atoms with E-state index in [4.69, 9.17) is 9.47 Å². The summed E-state index contributed by atoms with van der Waals surface area (Å²) in [6.45, 7) is 7.89. The van der Waals surface area contributed by atoms with Gasteiger partial charge in [-0.05, 0) is 13.8 Å². The number of hydrogen-bond donors (Lipinski definition) is 0. The summed E-state index contributed by atoms with van der Waals surface area (Å²) in [7, 11) is 1.37. The number of carbonyl (C=O) groups excluding carboxylic acids is 1. The van der Waals surface area contributed by atoms with E-state index in [1.165, 1.54) is 7.11 Å². The lowest BCUT2D eigenvalue weighted by molar-refractivity contribution is -0.150. The van der Waals surface area contributed by atoms with Gasteiger partial charge in [-0.25, -0.2) is 0 Å². The summed E-state index contributed by atoms with van der Waals surface area (Å²) in [4.78, 5) is 11.1. The predicted octanol–water partition coefficient (Wildman–Crippen LogP) is 1.50. The fourth-order valence-electron chi connectivity index (χ4n) is 1.57. The van der Waals surface area contributed by atoms with Crippen LogP contribution in [0.15, 0.2) is 12.7 Å². The third-order valence-electron chi connectivity index (χ3n) is 2.44. The molecule has 15 heavy (non-hydrogen) atoms. The van der Waals surface area contributed by atoms with Crippen LogP contribution in [0, 0.1) is 5.92 Å². The van der Waals surface area contributed by atoms with Gasteiger partial charge in [0.15, 0.2) is 5.79 Å². The van der Waals surface area contributed by atoms with Crippen molar-refractivity contribution in [3.8, 4) is 0 Å². The zero-order valence-corrected chi connectivity index (χ0v) is 9.49. The molecule has 0 saturated carbocycles. The minimum atomic E-state index is -0.567. The molecule has 0 aromatic carbocycles. The first-order valence-electron chi connectivity index (χ1n) is 4.99. The van der Waals surface area contributed by atoms with E-state index in [9.17, 15) is 4.79 Å². The van der Waals surface area contributed by atoms with Crippen molar-refractivity contribution in [2.24, 2.45) is 5.92 Å². The Morgan fingerprint density at radius 2 is 2.40 bits per heavy atom. The highest BCUT2D eigenvalue weighted by molar-refractivity contribution is 5.69. The maximum atomic E-state index is 11.1. The molecule has 86 valence electrons. The van der Waals surface area contributed by atoms with Crippen molar-refractivity contribution >= 4 is 5.97 Å². The molecule has 0 aromatic heterocycles. The quantitative estimate of drug-likeness (QED) is 0.525. The van der Waals surface area contributed by atoms with E-state index < -0.39 is 5.79 Å². The SMILES string of the molecule is C=C[C@H](CC(=O)OC)[C@H]1COC(C)(C)O1. The molecule has 1 heterocycles. The average Bonchev–Trinajstić information content (AvgIpc) is 2.54. The van der Waals surface area contributed by atoms with Crippen LogP contribution in [0.5, 0.6) is 0 Å². The summed E-state index contributed by atoms with van der Waals surface area (Å²) >= 11 is 0. The lowest BCUT2D eigenvalue weighted by Crippen LogP contribution is -2.27. The minimum Gasteiger partial charge on any atom is -0.469 e. The van der Waals surface area contributed by atoms with Gasteiger partial charge in [-0.1, -0.05) is 6.08 Å². The summed E-state index contributed by atoms with van der Waals surface area (Å²) in [5, 5.41) is 0. The molecule has 0 radical (unpaired) electrons. The van der Waals surface area contributed by atoms with Crippen LogP contribution in [0.4, 0.5) is 0 Å². The number of hydrogen-bond acceptors (Lipinski definition) is 4. The summed E-state index contributed by atoms with van der Waals surface area (Å²) in [6.07, 6.45) is 1.88. The van der Waals surface area contributed by atoms with Crippen LogP contribution < -0.4 is 0 Å². The molecule has 1 fully saturated rings. The second-order valence-electron chi connectivity index (χ2n) is 4.05. The molecule has 2 atom stereocenters. The molecule has 1 rings (SSSR count). The first kappa shape index (κ1) is 12.2. The van der Waals surface area contributed by atoms with Crippen LogP contribution in [0.25, 0.3) is 0 Å². The molecule has 1 aliphatic heterocycles. The highest BCUT2D eigenvalue weighted by atomic mass is 16.7. The fourth-order valence-corrected chi connectivity index (χ4v) is 1.57. The van der Waals surface area contributed by atoms with Gasteiger partial charge in [0, 0.05) is 5.92 Å². The van der Waals surface area contributed by atoms with Crippen molar-refractivity contribution < 1.29 is 19.0 Å². The molecule has 0 aliphatic carbocycles. The number of methoxy groups -OCH3 is 1. The summed E-state index contributed by atoms with van der Waals surface area (Å²) in [5.41, 5.74) is 0. The molecule has 0 unspecified atom stereocenters. The van der Waals surface area contributed by atoms with E-state index in [2.05, 4.69) is 11.3 Å². The van der Waals surface area contributed by atoms with Gasteiger partial charge in [-0.3, -0.25) is 4.79 Å². The van der Waals surface area contributed by atoms with Gasteiger partial charge in [0.25, 0.3) is 0 Å². The average molecular weight is 214 g/mol. The Bertz CT molecular complexity index is 247. The molecular formula is C11H18O4. The van der Waals surface area contributed by atoms with E-state index >= 15 is 0 Å². The normalized spacial score (nSPS) is 25.9. The maximum absolute atomic E-state index is 11.1. The highest BCUT2D eigenvalue weighted by Crippen LogP contribution is 2.28. The van der Waals surface area contributed by atoms with Gasteiger partial charge in [0.1, 0.15) is 0 Å². The largest absolute Gasteiger partial charge is 0.469 e. The molecule has 0 N–H and O–H groups in total. The number of esters is 1.